The maximum atomic E-state index is 13.3. The quantitative estimate of drug-likeness (QED) is 0.391. The molecule has 3 amide bonds. The molecule has 0 radical (unpaired) electrons. The minimum Gasteiger partial charge on any atom is -0.506 e. The summed E-state index contributed by atoms with van der Waals surface area (Å²) in [6.07, 6.45) is 4.28. The van der Waals surface area contributed by atoms with Crippen LogP contribution in [-0.4, -0.2) is 45.3 Å². The molecule has 180 valence electrons. The van der Waals surface area contributed by atoms with E-state index >= 15 is 0 Å². The van der Waals surface area contributed by atoms with Crippen LogP contribution in [0.25, 0.3) is 10.8 Å². The molecule has 2 heterocycles. The number of fused-ring (bicyclic) bond motifs is 1. The molecule has 8 nitrogen and oxygen atoms in total. The first-order chi connectivity index (χ1) is 17.5. The highest BCUT2D eigenvalue weighted by Gasteiger charge is 2.35. The van der Waals surface area contributed by atoms with Crippen LogP contribution < -0.4 is 10.6 Å². The van der Waals surface area contributed by atoms with Crippen molar-refractivity contribution in [3.63, 3.8) is 0 Å². The van der Waals surface area contributed by atoms with Crippen LogP contribution in [0.5, 0.6) is 5.75 Å². The SMILES string of the molecule is O=C(Nc1cccc(NC(=O)[C@@H]2CCCN2C(=O)c2ccc3ccccc3c2O)c1)c1ccncc1. The highest BCUT2D eigenvalue weighted by Crippen LogP contribution is 2.31. The van der Waals surface area contributed by atoms with Gasteiger partial charge in [-0.3, -0.25) is 19.4 Å². The van der Waals surface area contributed by atoms with E-state index in [-0.39, 0.29) is 29.0 Å². The molecule has 0 spiro atoms. The molecule has 1 atom stereocenters. The van der Waals surface area contributed by atoms with Crippen molar-refractivity contribution in [2.24, 2.45) is 0 Å². The summed E-state index contributed by atoms with van der Waals surface area (Å²) >= 11 is 0. The van der Waals surface area contributed by atoms with Crippen LogP contribution in [0, 0.1) is 0 Å². The van der Waals surface area contributed by atoms with Gasteiger partial charge in [-0.15, -0.1) is 0 Å². The van der Waals surface area contributed by atoms with Crippen molar-refractivity contribution in [3.05, 3.63) is 96.3 Å². The highest BCUT2D eigenvalue weighted by atomic mass is 16.3. The van der Waals surface area contributed by atoms with Gasteiger partial charge < -0.3 is 20.6 Å². The van der Waals surface area contributed by atoms with Crippen molar-refractivity contribution in [2.45, 2.75) is 18.9 Å². The number of aromatic nitrogens is 1. The van der Waals surface area contributed by atoms with E-state index in [9.17, 15) is 19.5 Å². The van der Waals surface area contributed by atoms with Gasteiger partial charge in [-0.05, 0) is 54.6 Å². The molecule has 1 aliphatic heterocycles. The topological polar surface area (TPSA) is 112 Å². The number of rotatable bonds is 5. The van der Waals surface area contributed by atoms with Crippen molar-refractivity contribution >= 4 is 39.9 Å². The van der Waals surface area contributed by atoms with Gasteiger partial charge in [0.1, 0.15) is 11.8 Å². The van der Waals surface area contributed by atoms with E-state index in [0.29, 0.717) is 41.7 Å². The van der Waals surface area contributed by atoms with Crippen LogP contribution in [0.2, 0.25) is 0 Å². The lowest BCUT2D eigenvalue weighted by atomic mass is 10.0. The first-order valence-electron chi connectivity index (χ1n) is 11.7. The van der Waals surface area contributed by atoms with Gasteiger partial charge in [-0.1, -0.05) is 36.4 Å². The second-order valence-corrected chi connectivity index (χ2v) is 8.60. The number of pyridine rings is 1. The zero-order chi connectivity index (χ0) is 25.1. The number of nitrogens with one attached hydrogen (secondary N) is 2. The predicted molar refractivity (Wildman–Crippen MR) is 137 cm³/mol. The number of likely N-dealkylation sites (tertiary alicyclic amines) is 1. The van der Waals surface area contributed by atoms with Crippen LogP contribution in [-0.2, 0) is 4.79 Å². The van der Waals surface area contributed by atoms with Gasteiger partial charge in [0.05, 0.1) is 5.56 Å². The lowest BCUT2D eigenvalue weighted by Crippen LogP contribution is -2.43. The fraction of sp³-hybridized carbons (Fsp3) is 0.143. The summed E-state index contributed by atoms with van der Waals surface area (Å²) in [7, 11) is 0. The molecule has 4 aromatic rings. The minimum absolute atomic E-state index is 0.0817. The molecule has 36 heavy (non-hydrogen) atoms. The zero-order valence-electron chi connectivity index (χ0n) is 19.3. The molecule has 5 rings (SSSR count). The number of hydrogen-bond donors (Lipinski definition) is 3. The Bertz CT molecular complexity index is 1450. The van der Waals surface area contributed by atoms with Gasteiger partial charge in [0.25, 0.3) is 11.8 Å². The van der Waals surface area contributed by atoms with E-state index in [1.165, 1.54) is 17.3 Å². The van der Waals surface area contributed by atoms with Crippen molar-refractivity contribution in [1.82, 2.24) is 9.88 Å². The summed E-state index contributed by atoms with van der Waals surface area (Å²) in [6, 6.07) is 20.1. The Morgan fingerprint density at radius 1 is 0.889 bits per heavy atom. The summed E-state index contributed by atoms with van der Waals surface area (Å²) in [5.41, 5.74) is 1.67. The summed E-state index contributed by atoms with van der Waals surface area (Å²) in [4.78, 5) is 44.3. The number of carbonyl (C=O) groups excluding carboxylic acids is 3. The average Bonchev–Trinajstić information content (AvgIpc) is 3.40. The molecule has 0 aliphatic carbocycles. The molecule has 0 saturated carbocycles. The van der Waals surface area contributed by atoms with Crippen molar-refractivity contribution in [3.8, 4) is 5.75 Å². The van der Waals surface area contributed by atoms with Crippen molar-refractivity contribution in [2.75, 3.05) is 17.2 Å². The van der Waals surface area contributed by atoms with Gasteiger partial charge in [0.15, 0.2) is 0 Å². The number of anilines is 2. The molecule has 3 aromatic carbocycles. The fourth-order valence-electron chi connectivity index (χ4n) is 4.47. The molecule has 1 aromatic heterocycles. The van der Waals surface area contributed by atoms with E-state index < -0.39 is 6.04 Å². The van der Waals surface area contributed by atoms with Gasteiger partial charge in [0, 0.05) is 41.3 Å². The second kappa shape index (κ2) is 9.87. The third-order valence-corrected chi connectivity index (χ3v) is 6.28. The normalized spacial score (nSPS) is 15.0. The van der Waals surface area contributed by atoms with Crippen LogP contribution in [0.3, 0.4) is 0 Å². The Hall–Kier alpha value is -4.72. The summed E-state index contributed by atoms with van der Waals surface area (Å²) in [5, 5.41) is 17.8. The Morgan fingerprint density at radius 3 is 2.44 bits per heavy atom. The first-order valence-corrected chi connectivity index (χ1v) is 11.7. The lowest BCUT2D eigenvalue weighted by molar-refractivity contribution is -0.119. The Morgan fingerprint density at radius 2 is 1.64 bits per heavy atom. The Kier molecular flexibility index (Phi) is 6.32. The number of hydrogen-bond acceptors (Lipinski definition) is 5. The number of phenols is 1. The molecule has 1 saturated heterocycles. The number of amides is 3. The van der Waals surface area contributed by atoms with E-state index in [0.717, 1.165) is 5.39 Å². The number of nitrogens with zero attached hydrogens (tertiary/aromatic N) is 2. The van der Waals surface area contributed by atoms with E-state index in [1.54, 1.807) is 60.7 Å². The van der Waals surface area contributed by atoms with Crippen LogP contribution in [0.4, 0.5) is 11.4 Å². The summed E-state index contributed by atoms with van der Waals surface area (Å²) in [6.45, 7) is 0.422. The zero-order valence-corrected chi connectivity index (χ0v) is 19.3. The maximum Gasteiger partial charge on any atom is 0.258 e. The Balaban J connectivity index is 1.30. The van der Waals surface area contributed by atoms with Crippen LogP contribution in [0.1, 0.15) is 33.6 Å². The van der Waals surface area contributed by atoms with E-state index in [1.807, 2.05) is 12.1 Å². The molecular formula is C28H24N4O4. The Labute approximate surface area is 207 Å². The van der Waals surface area contributed by atoms with Gasteiger partial charge in [0.2, 0.25) is 5.91 Å². The molecule has 1 aliphatic rings. The molecule has 0 unspecified atom stereocenters. The van der Waals surface area contributed by atoms with Gasteiger partial charge in [-0.25, -0.2) is 0 Å². The largest absolute Gasteiger partial charge is 0.506 e. The monoisotopic (exact) mass is 480 g/mol. The average molecular weight is 481 g/mol. The summed E-state index contributed by atoms with van der Waals surface area (Å²) in [5.74, 6) is -1.07. The van der Waals surface area contributed by atoms with Gasteiger partial charge >= 0.3 is 0 Å². The van der Waals surface area contributed by atoms with Gasteiger partial charge in [-0.2, -0.15) is 0 Å². The van der Waals surface area contributed by atoms with E-state index in [4.69, 9.17) is 0 Å². The number of aromatic hydroxyl groups is 1. The first kappa shape index (κ1) is 23.0. The number of benzene rings is 3. The smallest absolute Gasteiger partial charge is 0.258 e. The molecule has 8 heteroatoms. The third kappa shape index (κ3) is 4.61. The van der Waals surface area contributed by atoms with Crippen LogP contribution in [0.15, 0.2) is 85.2 Å². The molecule has 1 fully saturated rings. The highest BCUT2D eigenvalue weighted by molar-refractivity contribution is 6.07. The number of phenolic OH excluding ortho intramolecular Hbond substituents is 1. The van der Waals surface area contributed by atoms with E-state index in [2.05, 4.69) is 15.6 Å². The summed E-state index contributed by atoms with van der Waals surface area (Å²) < 4.78 is 0. The molecule has 0 bridgehead atoms. The maximum absolute atomic E-state index is 13.3. The standard InChI is InChI=1S/C28H24N4O4/c33-25-22-8-2-1-5-18(22)10-11-23(25)28(36)32-16-4-9-24(32)27(35)31-21-7-3-6-20(17-21)30-26(34)19-12-14-29-15-13-19/h1-3,5-8,10-15,17,24,33H,4,9,16H2,(H,30,34)(H,31,35)/t24-/m0/s1. The fourth-order valence-corrected chi connectivity index (χ4v) is 4.47. The second-order valence-electron chi connectivity index (χ2n) is 8.60. The molecule has 3 N–H and O–H groups in total. The van der Waals surface area contributed by atoms with Crippen LogP contribution >= 0.6 is 0 Å². The third-order valence-electron chi connectivity index (χ3n) is 6.28. The molecular weight excluding hydrogens is 456 g/mol. The van der Waals surface area contributed by atoms with Crippen molar-refractivity contribution < 1.29 is 19.5 Å². The number of carbonyl (C=O) groups is 3. The lowest BCUT2D eigenvalue weighted by Gasteiger charge is -2.24. The minimum atomic E-state index is -0.668. The van der Waals surface area contributed by atoms with Crippen molar-refractivity contribution in [1.29, 1.82) is 0 Å². The predicted octanol–water partition coefficient (Wildman–Crippen LogP) is 4.44.